The van der Waals surface area contributed by atoms with Crippen molar-refractivity contribution in [1.82, 2.24) is 20.3 Å². The first kappa shape index (κ1) is 12.2. The minimum Gasteiger partial charge on any atom is -0.361 e. The van der Waals surface area contributed by atoms with Crippen molar-refractivity contribution in [1.29, 1.82) is 0 Å². The molecular weight excluding hydrogens is 256 g/mol. The average Bonchev–Trinajstić information content (AvgIpc) is 2.96. The number of fused-ring (bicyclic) bond motifs is 2. The first-order valence-electron chi connectivity index (χ1n) is 7.42. The number of rotatable bonds is 3. The van der Waals surface area contributed by atoms with Gasteiger partial charge in [0.1, 0.15) is 11.5 Å². The van der Waals surface area contributed by atoms with E-state index in [4.69, 9.17) is 4.52 Å². The van der Waals surface area contributed by atoms with Gasteiger partial charge in [0.05, 0.1) is 12.1 Å². The van der Waals surface area contributed by atoms with Crippen molar-refractivity contribution in [3.05, 3.63) is 17.5 Å². The molecule has 2 amide bonds. The third kappa shape index (κ3) is 1.82. The maximum absolute atomic E-state index is 12.2. The Morgan fingerprint density at radius 1 is 1.45 bits per heavy atom. The van der Waals surface area contributed by atoms with Crippen LogP contribution in [0.4, 0.5) is 4.79 Å². The normalized spacial score (nSPS) is 29.9. The minimum atomic E-state index is 0.0979. The van der Waals surface area contributed by atoms with E-state index in [0.717, 1.165) is 50.4 Å². The van der Waals surface area contributed by atoms with Gasteiger partial charge in [0, 0.05) is 26.1 Å². The highest BCUT2D eigenvalue weighted by molar-refractivity contribution is 5.77. The van der Waals surface area contributed by atoms with Gasteiger partial charge in [-0.05, 0) is 31.8 Å². The van der Waals surface area contributed by atoms with E-state index in [1.807, 2.05) is 16.8 Å². The van der Waals surface area contributed by atoms with Crippen LogP contribution in [0.15, 0.2) is 10.6 Å². The second-order valence-electron chi connectivity index (χ2n) is 6.24. The molecule has 0 radical (unpaired) electrons. The van der Waals surface area contributed by atoms with Gasteiger partial charge in [-0.1, -0.05) is 5.16 Å². The zero-order chi connectivity index (χ0) is 13.7. The standard InChI is InChI=1S/C14H20N4O2/c1-17-10-2-3-13(18(8-10)14(17)19)12-5-11(20-16-12)4-9-6-15-7-9/h5,9-10,13,15H,2-4,6-8H2,1H3/t10-,13+/m1/s1. The van der Waals surface area contributed by atoms with Crippen molar-refractivity contribution >= 4 is 6.03 Å². The van der Waals surface area contributed by atoms with Crippen LogP contribution in [0, 0.1) is 5.92 Å². The Morgan fingerprint density at radius 2 is 2.30 bits per heavy atom. The van der Waals surface area contributed by atoms with E-state index in [9.17, 15) is 4.79 Å². The van der Waals surface area contributed by atoms with Crippen LogP contribution in [-0.4, -0.2) is 53.7 Å². The zero-order valence-corrected chi connectivity index (χ0v) is 11.7. The molecular formula is C14H20N4O2. The Morgan fingerprint density at radius 3 is 3.05 bits per heavy atom. The molecule has 4 heterocycles. The Labute approximate surface area is 118 Å². The monoisotopic (exact) mass is 276 g/mol. The van der Waals surface area contributed by atoms with Crippen LogP contribution < -0.4 is 5.32 Å². The van der Waals surface area contributed by atoms with E-state index >= 15 is 0 Å². The number of nitrogens with one attached hydrogen (secondary N) is 1. The molecule has 3 aliphatic heterocycles. The maximum atomic E-state index is 12.2. The zero-order valence-electron chi connectivity index (χ0n) is 11.7. The van der Waals surface area contributed by atoms with Crippen molar-refractivity contribution in [2.75, 3.05) is 26.7 Å². The molecule has 4 rings (SSSR count). The number of piperidine rings is 1. The molecule has 6 nitrogen and oxygen atoms in total. The summed E-state index contributed by atoms with van der Waals surface area (Å²) in [6, 6.07) is 2.66. The van der Waals surface area contributed by atoms with Gasteiger partial charge in [0.25, 0.3) is 0 Å². The summed E-state index contributed by atoms with van der Waals surface area (Å²) < 4.78 is 5.46. The van der Waals surface area contributed by atoms with Gasteiger partial charge in [-0.3, -0.25) is 0 Å². The summed E-state index contributed by atoms with van der Waals surface area (Å²) in [4.78, 5) is 16.0. The van der Waals surface area contributed by atoms with Crippen LogP contribution in [0.3, 0.4) is 0 Å². The topological polar surface area (TPSA) is 61.6 Å². The average molecular weight is 276 g/mol. The summed E-state index contributed by atoms with van der Waals surface area (Å²) in [7, 11) is 1.90. The largest absolute Gasteiger partial charge is 0.361 e. The summed E-state index contributed by atoms with van der Waals surface area (Å²) in [6.07, 6.45) is 2.99. The molecule has 0 aliphatic carbocycles. The van der Waals surface area contributed by atoms with E-state index in [2.05, 4.69) is 16.5 Å². The molecule has 108 valence electrons. The molecule has 2 bridgehead atoms. The van der Waals surface area contributed by atoms with Crippen LogP contribution in [0.5, 0.6) is 0 Å². The second kappa shape index (κ2) is 4.48. The first-order valence-corrected chi connectivity index (χ1v) is 7.42. The summed E-state index contributed by atoms with van der Waals surface area (Å²) in [5.74, 6) is 1.62. The molecule has 0 spiro atoms. The molecule has 6 heteroatoms. The summed E-state index contributed by atoms with van der Waals surface area (Å²) >= 11 is 0. The van der Waals surface area contributed by atoms with Crippen LogP contribution in [-0.2, 0) is 6.42 Å². The van der Waals surface area contributed by atoms with Crippen molar-refractivity contribution in [3.63, 3.8) is 0 Å². The van der Waals surface area contributed by atoms with Crippen LogP contribution in [0.1, 0.15) is 30.3 Å². The smallest absolute Gasteiger partial charge is 0.320 e. The van der Waals surface area contributed by atoms with Gasteiger partial charge >= 0.3 is 6.03 Å². The lowest BCUT2D eigenvalue weighted by atomic mass is 9.96. The number of hydrogen-bond acceptors (Lipinski definition) is 4. The molecule has 3 aliphatic rings. The predicted molar refractivity (Wildman–Crippen MR) is 72.2 cm³/mol. The molecule has 0 saturated carbocycles. The van der Waals surface area contributed by atoms with Gasteiger partial charge in [-0.2, -0.15) is 0 Å². The lowest BCUT2D eigenvalue weighted by molar-refractivity contribution is 0.177. The van der Waals surface area contributed by atoms with Gasteiger partial charge in [0.2, 0.25) is 0 Å². The Kier molecular flexibility index (Phi) is 2.73. The van der Waals surface area contributed by atoms with Crippen molar-refractivity contribution in [2.24, 2.45) is 5.92 Å². The Balaban J connectivity index is 1.51. The molecule has 3 saturated heterocycles. The predicted octanol–water partition coefficient (Wildman–Crippen LogP) is 1.01. The molecule has 0 aromatic carbocycles. The number of urea groups is 1. The Hall–Kier alpha value is -1.56. The number of amides is 2. The minimum absolute atomic E-state index is 0.0979. The van der Waals surface area contributed by atoms with E-state index in [1.54, 1.807) is 0 Å². The molecule has 0 unspecified atom stereocenters. The quantitative estimate of drug-likeness (QED) is 0.895. The van der Waals surface area contributed by atoms with Gasteiger partial charge in [-0.15, -0.1) is 0 Å². The van der Waals surface area contributed by atoms with Crippen molar-refractivity contribution in [2.45, 2.75) is 31.3 Å². The third-order valence-electron chi connectivity index (χ3n) is 4.93. The first-order chi connectivity index (χ1) is 9.72. The summed E-state index contributed by atoms with van der Waals surface area (Å²) in [6.45, 7) is 2.96. The Bertz CT molecular complexity index is 525. The number of nitrogens with zero attached hydrogens (tertiary/aromatic N) is 3. The molecule has 3 fully saturated rings. The fraction of sp³-hybridized carbons (Fsp3) is 0.714. The molecule has 1 aromatic rings. The fourth-order valence-electron chi connectivity index (χ4n) is 3.51. The summed E-state index contributed by atoms with van der Waals surface area (Å²) in [5, 5.41) is 7.48. The summed E-state index contributed by atoms with van der Waals surface area (Å²) in [5.41, 5.74) is 0.925. The van der Waals surface area contributed by atoms with Crippen molar-refractivity contribution < 1.29 is 9.32 Å². The maximum Gasteiger partial charge on any atom is 0.320 e. The van der Waals surface area contributed by atoms with Gasteiger partial charge in [-0.25, -0.2) is 4.79 Å². The highest BCUT2D eigenvalue weighted by Crippen LogP contribution is 2.37. The van der Waals surface area contributed by atoms with E-state index in [0.29, 0.717) is 12.0 Å². The second-order valence-corrected chi connectivity index (χ2v) is 6.24. The van der Waals surface area contributed by atoms with Crippen LogP contribution >= 0.6 is 0 Å². The SMILES string of the molecule is CN1C(=O)N2C[C@H]1CC[C@H]2c1cc(CC2CNC2)on1. The lowest BCUT2D eigenvalue weighted by Crippen LogP contribution is -2.42. The van der Waals surface area contributed by atoms with E-state index < -0.39 is 0 Å². The van der Waals surface area contributed by atoms with Crippen LogP contribution in [0.2, 0.25) is 0 Å². The van der Waals surface area contributed by atoms with Gasteiger partial charge < -0.3 is 19.6 Å². The van der Waals surface area contributed by atoms with E-state index in [-0.39, 0.29) is 12.1 Å². The van der Waals surface area contributed by atoms with Crippen molar-refractivity contribution in [3.8, 4) is 0 Å². The molecule has 1 N–H and O–H groups in total. The lowest BCUT2D eigenvalue weighted by Gasteiger charge is -2.29. The molecule has 20 heavy (non-hydrogen) atoms. The number of carbonyl (C=O) groups excluding carboxylic acids is 1. The number of hydrogen-bond donors (Lipinski definition) is 1. The fourth-order valence-corrected chi connectivity index (χ4v) is 3.51. The highest BCUT2D eigenvalue weighted by atomic mass is 16.5. The van der Waals surface area contributed by atoms with Gasteiger partial charge in [0.15, 0.2) is 0 Å². The number of likely N-dealkylation sites (N-methyl/N-ethyl adjacent to an activating group) is 1. The number of aromatic nitrogens is 1. The van der Waals surface area contributed by atoms with Crippen LogP contribution in [0.25, 0.3) is 0 Å². The number of carbonyl (C=O) groups is 1. The van der Waals surface area contributed by atoms with E-state index in [1.165, 1.54) is 0 Å². The molecule has 1 aromatic heterocycles. The highest BCUT2D eigenvalue weighted by Gasteiger charge is 2.44. The molecule has 2 atom stereocenters. The third-order valence-corrected chi connectivity index (χ3v) is 4.93.